The summed E-state index contributed by atoms with van der Waals surface area (Å²) < 4.78 is 11.7. The van der Waals surface area contributed by atoms with Crippen molar-refractivity contribution in [2.75, 3.05) is 56.2 Å². The second-order valence-corrected chi connectivity index (χ2v) is 9.02. The van der Waals surface area contributed by atoms with Crippen molar-refractivity contribution < 1.29 is 14.3 Å². The number of anilines is 3. The van der Waals surface area contributed by atoms with Crippen molar-refractivity contribution >= 4 is 34.6 Å². The smallest absolute Gasteiger partial charge is 0.192 e. The largest absolute Gasteiger partial charge is 0.488 e. The van der Waals surface area contributed by atoms with Crippen LogP contribution in [0.1, 0.15) is 18.4 Å². The second-order valence-electron chi connectivity index (χ2n) is 9.02. The number of pyridine rings is 1. The van der Waals surface area contributed by atoms with Crippen LogP contribution in [0, 0.1) is 18.8 Å². The fourth-order valence-corrected chi connectivity index (χ4v) is 4.51. The van der Waals surface area contributed by atoms with Crippen LogP contribution < -0.4 is 15.0 Å². The highest BCUT2D eigenvalue weighted by Gasteiger charge is 2.19. The summed E-state index contributed by atoms with van der Waals surface area (Å²) in [5.41, 5.74) is 3.48. The number of hydrogen-bond acceptors (Lipinski definition) is 9. The van der Waals surface area contributed by atoms with E-state index >= 15 is 0 Å². The number of aromatic nitrogens is 3. The molecule has 1 aromatic carbocycles. The normalized spacial score (nSPS) is 18.4. The van der Waals surface area contributed by atoms with Gasteiger partial charge in [0.1, 0.15) is 29.5 Å². The molecular formula is C27H30N6O3. The third kappa shape index (κ3) is 5.73. The van der Waals surface area contributed by atoms with Crippen molar-refractivity contribution in [3.05, 3.63) is 42.2 Å². The summed E-state index contributed by atoms with van der Waals surface area (Å²) in [6.45, 7) is 7.52. The molecule has 9 heteroatoms. The highest BCUT2D eigenvalue weighted by Crippen LogP contribution is 2.28. The number of aldehydes is 1. The summed E-state index contributed by atoms with van der Waals surface area (Å²) in [5, 5.41) is 3.42. The van der Waals surface area contributed by atoms with Gasteiger partial charge >= 0.3 is 0 Å². The topological polar surface area (TPSA) is 92.7 Å². The van der Waals surface area contributed by atoms with Crippen LogP contribution in [-0.2, 0) is 9.53 Å². The predicted octanol–water partition coefficient (Wildman–Crippen LogP) is 2.96. The Bertz CT molecular complexity index is 1270. The zero-order chi connectivity index (χ0) is 24.7. The van der Waals surface area contributed by atoms with E-state index in [1.807, 2.05) is 31.2 Å². The van der Waals surface area contributed by atoms with E-state index in [-0.39, 0.29) is 6.10 Å². The first kappa shape index (κ1) is 24.0. The number of benzene rings is 1. The van der Waals surface area contributed by atoms with Gasteiger partial charge in [0, 0.05) is 38.5 Å². The summed E-state index contributed by atoms with van der Waals surface area (Å²) in [7, 11) is 0. The minimum Gasteiger partial charge on any atom is -0.488 e. The molecule has 9 nitrogen and oxygen atoms in total. The monoisotopic (exact) mass is 486 g/mol. The lowest BCUT2D eigenvalue weighted by Gasteiger charge is -2.34. The van der Waals surface area contributed by atoms with Gasteiger partial charge in [-0.1, -0.05) is 5.92 Å². The highest BCUT2D eigenvalue weighted by atomic mass is 16.5. The molecule has 0 saturated carbocycles. The Labute approximate surface area is 210 Å². The summed E-state index contributed by atoms with van der Waals surface area (Å²) in [6, 6.07) is 10.0. The van der Waals surface area contributed by atoms with E-state index in [1.165, 1.54) is 0 Å². The van der Waals surface area contributed by atoms with Crippen molar-refractivity contribution in [1.29, 1.82) is 0 Å². The van der Waals surface area contributed by atoms with E-state index in [4.69, 9.17) is 14.5 Å². The Hall–Kier alpha value is -3.74. The second kappa shape index (κ2) is 11.3. The van der Waals surface area contributed by atoms with Gasteiger partial charge in [0.2, 0.25) is 0 Å². The van der Waals surface area contributed by atoms with Gasteiger partial charge in [-0.2, -0.15) is 0 Å². The maximum Gasteiger partial charge on any atom is 0.192 e. The fourth-order valence-electron chi connectivity index (χ4n) is 4.51. The Balaban J connectivity index is 1.29. The van der Waals surface area contributed by atoms with Crippen LogP contribution in [0.5, 0.6) is 5.75 Å². The predicted molar refractivity (Wildman–Crippen MR) is 139 cm³/mol. The zero-order valence-electron chi connectivity index (χ0n) is 20.4. The van der Waals surface area contributed by atoms with Gasteiger partial charge in [0.15, 0.2) is 12.1 Å². The Kier molecular flexibility index (Phi) is 7.55. The lowest BCUT2D eigenvalue weighted by atomic mass is 10.1. The fraction of sp³-hybridized carbons (Fsp3) is 0.407. The van der Waals surface area contributed by atoms with Crippen LogP contribution in [0.25, 0.3) is 11.0 Å². The molecule has 0 amide bonds. The van der Waals surface area contributed by atoms with Crippen molar-refractivity contribution in [2.45, 2.75) is 25.9 Å². The van der Waals surface area contributed by atoms with Crippen molar-refractivity contribution in [3.8, 4) is 17.6 Å². The summed E-state index contributed by atoms with van der Waals surface area (Å²) >= 11 is 0. The minimum absolute atomic E-state index is 0.107. The van der Waals surface area contributed by atoms with Gasteiger partial charge in [-0.15, -0.1) is 0 Å². The summed E-state index contributed by atoms with van der Waals surface area (Å²) in [4.78, 5) is 28.7. The van der Waals surface area contributed by atoms with E-state index in [9.17, 15) is 4.79 Å². The third-order valence-electron chi connectivity index (χ3n) is 6.48. The molecule has 2 aliphatic rings. The number of carbonyl (C=O) groups excluding carboxylic acids is 1. The van der Waals surface area contributed by atoms with Crippen LogP contribution in [0.3, 0.4) is 0 Å². The van der Waals surface area contributed by atoms with Crippen molar-refractivity contribution in [2.24, 2.45) is 0 Å². The van der Waals surface area contributed by atoms with E-state index in [0.29, 0.717) is 25.3 Å². The van der Waals surface area contributed by atoms with E-state index < -0.39 is 0 Å². The lowest BCUT2D eigenvalue weighted by molar-refractivity contribution is -0.103. The molecule has 1 N–H and O–H groups in total. The first-order valence-electron chi connectivity index (χ1n) is 12.3. The lowest BCUT2D eigenvalue weighted by Crippen LogP contribution is -2.46. The number of aryl methyl sites for hydroxylation is 1. The molecule has 2 aliphatic heterocycles. The molecule has 2 saturated heterocycles. The van der Waals surface area contributed by atoms with Crippen LogP contribution >= 0.6 is 0 Å². The molecule has 1 atom stereocenters. The van der Waals surface area contributed by atoms with E-state index in [1.54, 1.807) is 6.33 Å². The number of fused-ring (bicyclic) bond motifs is 1. The number of ether oxygens (including phenoxy) is 2. The molecule has 4 heterocycles. The van der Waals surface area contributed by atoms with Gasteiger partial charge in [-0.25, -0.2) is 15.0 Å². The molecule has 2 aromatic heterocycles. The van der Waals surface area contributed by atoms with Gasteiger partial charge in [-0.3, -0.25) is 9.69 Å². The van der Waals surface area contributed by atoms with Gasteiger partial charge in [-0.05, 0) is 61.6 Å². The highest BCUT2D eigenvalue weighted by molar-refractivity contribution is 5.88. The van der Waals surface area contributed by atoms with Gasteiger partial charge < -0.3 is 19.7 Å². The van der Waals surface area contributed by atoms with Crippen LogP contribution in [0.4, 0.5) is 17.3 Å². The minimum atomic E-state index is 0.107. The maximum absolute atomic E-state index is 10.4. The summed E-state index contributed by atoms with van der Waals surface area (Å²) in [6.07, 6.45) is 4.35. The van der Waals surface area contributed by atoms with Gasteiger partial charge in [0.05, 0.1) is 18.7 Å². The average molecular weight is 487 g/mol. The Morgan fingerprint density at radius 2 is 2.08 bits per heavy atom. The third-order valence-corrected chi connectivity index (χ3v) is 6.48. The van der Waals surface area contributed by atoms with E-state index in [2.05, 4.69) is 43.0 Å². The van der Waals surface area contributed by atoms with Crippen molar-refractivity contribution in [1.82, 2.24) is 19.9 Å². The average Bonchev–Trinajstić information content (AvgIpc) is 2.91. The number of nitrogens with zero attached hydrogens (tertiary/aromatic N) is 5. The molecule has 0 spiro atoms. The first-order chi connectivity index (χ1) is 17.7. The molecular weight excluding hydrogens is 456 g/mol. The number of rotatable bonds is 6. The molecule has 3 aromatic rings. The quantitative estimate of drug-likeness (QED) is 0.417. The zero-order valence-corrected chi connectivity index (χ0v) is 20.4. The first-order valence-corrected chi connectivity index (χ1v) is 12.3. The van der Waals surface area contributed by atoms with Crippen LogP contribution in [0.15, 0.2) is 36.7 Å². The number of nitrogens with one attached hydrogen (secondary N) is 1. The Morgan fingerprint density at radius 1 is 1.19 bits per heavy atom. The maximum atomic E-state index is 10.4. The van der Waals surface area contributed by atoms with Crippen molar-refractivity contribution in [3.63, 3.8) is 0 Å². The molecule has 186 valence electrons. The molecule has 0 unspecified atom stereocenters. The number of piperazine rings is 1. The molecule has 2 fully saturated rings. The van der Waals surface area contributed by atoms with Crippen LogP contribution in [-0.4, -0.2) is 78.2 Å². The van der Waals surface area contributed by atoms with Gasteiger partial charge in [0.25, 0.3) is 0 Å². The van der Waals surface area contributed by atoms with E-state index in [0.717, 1.165) is 79.5 Å². The van der Waals surface area contributed by atoms with Crippen LogP contribution in [0.2, 0.25) is 0 Å². The Morgan fingerprint density at radius 3 is 2.86 bits per heavy atom. The summed E-state index contributed by atoms with van der Waals surface area (Å²) in [5.74, 6) is 7.79. The molecule has 0 aliphatic carbocycles. The molecule has 0 radical (unpaired) electrons. The standard InChI is InChI=1S/C27H30N6O3/c1-20-17-21(6-8-24(20)36-22-5-4-16-35-18-22)30-27-26-23(28-19-29-27)7-9-25(31-26)33-13-11-32(12-14-33)10-2-3-15-34/h6-9,15,17,19,22H,4-5,10-14,16,18H2,1H3,(H,28,29,30)/t22-/m1/s1. The molecule has 0 bridgehead atoms. The molecule has 36 heavy (non-hydrogen) atoms. The number of carbonyl (C=O) groups is 1. The molecule has 5 rings (SSSR count). The SMILES string of the molecule is Cc1cc(Nc2ncnc3ccc(N4CCN(CC#CC=O)CC4)nc23)ccc1O[C@@H]1CCCOC1. The number of hydrogen-bond donors (Lipinski definition) is 1.